The number of hydrogen-bond acceptors (Lipinski definition) is 3. The Morgan fingerprint density at radius 1 is 1.70 bits per heavy atom. The highest BCUT2D eigenvalue weighted by Gasteiger charge is 1.81. The zero-order valence-corrected chi connectivity index (χ0v) is 5.71. The molecule has 0 aromatic rings. The molecule has 1 amide bonds. The number of aliphatic hydroxyl groups excluding tert-OH is 1. The summed E-state index contributed by atoms with van der Waals surface area (Å²) in [4.78, 5) is 10.1. The maximum Gasteiger partial charge on any atom is 0.241 e. The molecule has 0 spiro atoms. The third kappa shape index (κ3) is 7.13. The quantitative estimate of drug-likeness (QED) is 0.328. The highest BCUT2D eigenvalue weighted by atomic mass is 16.3. The zero-order valence-electron chi connectivity index (χ0n) is 5.71. The van der Waals surface area contributed by atoms with Gasteiger partial charge in [-0.15, -0.1) is 0 Å². The smallest absolute Gasteiger partial charge is 0.241 e. The van der Waals surface area contributed by atoms with E-state index in [1.807, 2.05) is 0 Å². The molecule has 0 atom stereocenters. The van der Waals surface area contributed by atoms with Crippen molar-refractivity contribution in [3.05, 3.63) is 12.2 Å². The molecule has 0 fully saturated rings. The van der Waals surface area contributed by atoms with Gasteiger partial charge >= 0.3 is 0 Å². The molecule has 4 heteroatoms. The number of hydrogen-bond donors (Lipinski definition) is 3. The van der Waals surface area contributed by atoms with Crippen LogP contribution in [-0.2, 0) is 4.79 Å². The van der Waals surface area contributed by atoms with Gasteiger partial charge in [0, 0.05) is 13.1 Å². The summed E-state index contributed by atoms with van der Waals surface area (Å²) >= 11 is 0. The van der Waals surface area contributed by atoms with E-state index in [1.54, 1.807) is 6.08 Å². The average molecular weight is 144 g/mol. The van der Waals surface area contributed by atoms with Crippen LogP contribution in [0.3, 0.4) is 0 Å². The van der Waals surface area contributed by atoms with E-state index in [0.717, 1.165) is 0 Å². The third-order valence-corrected chi connectivity index (χ3v) is 0.833. The van der Waals surface area contributed by atoms with E-state index in [9.17, 15) is 4.79 Å². The largest absolute Gasteiger partial charge is 0.395 e. The molecule has 58 valence electrons. The number of primary amides is 1. The first-order valence-corrected chi connectivity index (χ1v) is 3.05. The van der Waals surface area contributed by atoms with Gasteiger partial charge < -0.3 is 16.2 Å². The normalized spacial score (nSPS) is 10.5. The zero-order chi connectivity index (χ0) is 7.82. The first kappa shape index (κ1) is 9.13. The monoisotopic (exact) mass is 144 g/mol. The Kier molecular flexibility index (Phi) is 5.71. The van der Waals surface area contributed by atoms with Crippen molar-refractivity contribution in [1.29, 1.82) is 0 Å². The van der Waals surface area contributed by atoms with Gasteiger partial charge in [-0.25, -0.2) is 0 Å². The van der Waals surface area contributed by atoms with Crippen molar-refractivity contribution in [2.24, 2.45) is 5.73 Å². The fourth-order valence-corrected chi connectivity index (χ4v) is 0.440. The Hall–Kier alpha value is -0.870. The molecule has 0 aliphatic heterocycles. The van der Waals surface area contributed by atoms with Gasteiger partial charge in [-0.1, -0.05) is 6.08 Å². The van der Waals surface area contributed by atoms with Crippen LogP contribution in [0, 0.1) is 0 Å². The Morgan fingerprint density at radius 3 is 2.90 bits per heavy atom. The topological polar surface area (TPSA) is 75.4 Å². The predicted octanol–water partition coefficient (Wildman–Crippen LogP) is -1.39. The Bertz CT molecular complexity index is 123. The Labute approximate surface area is 59.7 Å². The molecular formula is C6H12N2O2. The van der Waals surface area contributed by atoms with E-state index >= 15 is 0 Å². The molecule has 0 radical (unpaired) electrons. The molecule has 0 saturated carbocycles. The number of amides is 1. The minimum Gasteiger partial charge on any atom is -0.395 e. The second kappa shape index (κ2) is 6.25. The van der Waals surface area contributed by atoms with Crippen LogP contribution in [0.25, 0.3) is 0 Å². The molecule has 0 unspecified atom stereocenters. The molecule has 0 aliphatic carbocycles. The SMILES string of the molecule is NC(=O)C=CCNCCO. The summed E-state index contributed by atoms with van der Waals surface area (Å²) in [6, 6.07) is 0. The average Bonchev–Trinajstić information content (AvgIpc) is 1.87. The molecule has 0 aromatic heterocycles. The van der Waals surface area contributed by atoms with E-state index in [2.05, 4.69) is 5.32 Å². The fourth-order valence-electron chi connectivity index (χ4n) is 0.440. The van der Waals surface area contributed by atoms with Gasteiger partial charge in [-0.05, 0) is 6.08 Å². The molecular weight excluding hydrogens is 132 g/mol. The van der Waals surface area contributed by atoms with Crippen LogP contribution >= 0.6 is 0 Å². The van der Waals surface area contributed by atoms with Crippen molar-refractivity contribution in [2.75, 3.05) is 19.7 Å². The number of nitrogens with one attached hydrogen (secondary N) is 1. The van der Waals surface area contributed by atoms with Crippen molar-refractivity contribution in [1.82, 2.24) is 5.32 Å². The van der Waals surface area contributed by atoms with Gasteiger partial charge in [-0.3, -0.25) is 4.79 Å². The molecule has 0 aliphatic rings. The van der Waals surface area contributed by atoms with Crippen LogP contribution in [0.2, 0.25) is 0 Å². The van der Waals surface area contributed by atoms with Crippen LogP contribution in [0.4, 0.5) is 0 Å². The van der Waals surface area contributed by atoms with Crippen LogP contribution in [-0.4, -0.2) is 30.7 Å². The fraction of sp³-hybridized carbons (Fsp3) is 0.500. The molecule has 0 heterocycles. The molecule has 0 aromatic carbocycles. The standard InChI is InChI=1S/C6H12N2O2/c7-6(10)2-1-3-8-4-5-9/h1-2,8-9H,3-5H2,(H2,7,10). The summed E-state index contributed by atoms with van der Waals surface area (Å²) in [5.41, 5.74) is 4.80. The van der Waals surface area contributed by atoms with Gasteiger partial charge in [0.25, 0.3) is 0 Å². The minimum absolute atomic E-state index is 0.102. The highest BCUT2D eigenvalue weighted by molar-refractivity contribution is 5.85. The van der Waals surface area contributed by atoms with Crippen molar-refractivity contribution in [3.63, 3.8) is 0 Å². The van der Waals surface area contributed by atoms with Crippen LogP contribution in [0.5, 0.6) is 0 Å². The molecule has 4 N–H and O–H groups in total. The molecule has 4 nitrogen and oxygen atoms in total. The number of aliphatic hydroxyl groups is 1. The van der Waals surface area contributed by atoms with Gasteiger partial charge in [0.1, 0.15) is 0 Å². The first-order chi connectivity index (χ1) is 4.77. The van der Waals surface area contributed by atoms with E-state index in [1.165, 1.54) is 6.08 Å². The maximum atomic E-state index is 10.1. The van der Waals surface area contributed by atoms with E-state index in [4.69, 9.17) is 10.8 Å². The summed E-state index contributed by atoms with van der Waals surface area (Å²) < 4.78 is 0. The Morgan fingerprint density at radius 2 is 2.40 bits per heavy atom. The van der Waals surface area contributed by atoms with Crippen LogP contribution < -0.4 is 11.1 Å². The summed E-state index contributed by atoms with van der Waals surface area (Å²) in [5.74, 6) is -0.453. The van der Waals surface area contributed by atoms with Crippen molar-refractivity contribution in [2.45, 2.75) is 0 Å². The van der Waals surface area contributed by atoms with Crippen molar-refractivity contribution < 1.29 is 9.90 Å². The van der Waals surface area contributed by atoms with E-state index in [-0.39, 0.29) is 6.61 Å². The van der Waals surface area contributed by atoms with E-state index < -0.39 is 5.91 Å². The second-order valence-electron chi connectivity index (χ2n) is 1.73. The maximum absolute atomic E-state index is 10.1. The number of nitrogens with two attached hydrogens (primary N) is 1. The summed E-state index contributed by atoms with van der Waals surface area (Å²) in [6.45, 7) is 1.19. The lowest BCUT2D eigenvalue weighted by molar-refractivity contribution is -0.113. The molecule has 0 bridgehead atoms. The highest BCUT2D eigenvalue weighted by Crippen LogP contribution is 1.67. The first-order valence-electron chi connectivity index (χ1n) is 3.05. The van der Waals surface area contributed by atoms with Crippen molar-refractivity contribution in [3.8, 4) is 0 Å². The van der Waals surface area contributed by atoms with Gasteiger partial charge in [0.05, 0.1) is 6.61 Å². The van der Waals surface area contributed by atoms with E-state index in [0.29, 0.717) is 13.1 Å². The molecule has 0 rings (SSSR count). The molecule has 0 saturated heterocycles. The van der Waals surface area contributed by atoms with Crippen LogP contribution in [0.15, 0.2) is 12.2 Å². The number of carbonyl (C=O) groups excluding carboxylic acids is 1. The predicted molar refractivity (Wildman–Crippen MR) is 38.3 cm³/mol. The van der Waals surface area contributed by atoms with Crippen LogP contribution in [0.1, 0.15) is 0 Å². The van der Waals surface area contributed by atoms with Gasteiger partial charge in [-0.2, -0.15) is 0 Å². The lowest BCUT2D eigenvalue weighted by Crippen LogP contribution is -2.18. The minimum atomic E-state index is -0.453. The van der Waals surface area contributed by atoms with Gasteiger partial charge in [0.2, 0.25) is 5.91 Å². The molecule has 10 heavy (non-hydrogen) atoms. The second-order valence-corrected chi connectivity index (χ2v) is 1.73. The van der Waals surface area contributed by atoms with Crippen molar-refractivity contribution >= 4 is 5.91 Å². The number of rotatable bonds is 5. The summed E-state index contributed by atoms with van der Waals surface area (Å²) in [6.07, 6.45) is 2.89. The summed E-state index contributed by atoms with van der Waals surface area (Å²) in [7, 11) is 0. The third-order valence-electron chi connectivity index (χ3n) is 0.833. The summed E-state index contributed by atoms with van der Waals surface area (Å²) in [5, 5.41) is 11.1. The lowest BCUT2D eigenvalue weighted by Gasteiger charge is -1.94. The number of carbonyl (C=O) groups is 1. The Balaban J connectivity index is 3.10. The van der Waals surface area contributed by atoms with Gasteiger partial charge in [0.15, 0.2) is 0 Å². The lowest BCUT2D eigenvalue weighted by atomic mass is 10.4.